The van der Waals surface area contributed by atoms with Crippen molar-refractivity contribution in [1.82, 2.24) is 0 Å². The van der Waals surface area contributed by atoms with E-state index in [2.05, 4.69) is 12.6 Å². The van der Waals surface area contributed by atoms with Gasteiger partial charge in [0, 0.05) is 9.46 Å². The number of hydrogen-bond acceptors (Lipinski definition) is 4. The molecule has 1 aromatic carbocycles. The van der Waals surface area contributed by atoms with Crippen molar-refractivity contribution in [3.05, 3.63) is 24.3 Å². The van der Waals surface area contributed by atoms with Crippen LogP contribution in [0, 0.1) is 0 Å². The molecule has 0 aromatic heterocycles. The first-order chi connectivity index (χ1) is 6.75. The molecule has 6 nitrogen and oxygen atoms in total. The molecule has 0 atom stereocenters. The molecule has 0 saturated carbocycles. The van der Waals surface area contributed by atoms with Crippen molar-refractivity contribution in [2.45, 2.75) is 9.79 Å². The minimum absolute atomic E-state index is 0.0586. The standard InChI is InChI=1S/C6H7NO2S2.HO3P/c7-11(8,9)6-4-2-1-3-5(6)10;1-4(2)3/h1-4,10H,(H2,7,8,9);(H-,1,2,3)/p+1. The highest BCUT2D eigenvalue weighted by Crippen LogP contribution is 2.16. The molecule has 0 bridgehead atoms. The first-order valence-corrected chi connectivity index (χ1v) is 6.57. The maximum Gasteiger partial charge on any atom is 0.692 e. The number of primary sulfonamides is 1. The quantitative estimate of drug-likeness (QED) is 0.431. The lowest BCUT2D eigenvalue weighted by Gasteiger charge is -1.99. The second-order valence-electron chi connectivity index (χ2n) is 2.27. The Hall–Kier alpha value is -0.500. The van der Waals surface area contributed by atoms with E-state index in [1.807, 2.05) is 0 Å². The number of benzene rings is 1. The first-order valence-electron chi connectivity index (χ1n) is 3.41. The Morgan fingerprint density at radius 1 is 1.27 bits per heavy atom. The summed E-state index contributed by atoms with van der Waals surface area (Å²) in [5, 5.41) is 4.88. The number of thiol groups is 1. The van der Waals surface area contributed by atoms with Crippen molar-refractivity contribution in [2.24, 2.45) is 5.14 Å². The van der Waals surface area contributed by atoms with E-state index < -0.39 is 18.3 Å². The van der Waals surface area contributed by atoms with Gasteiger partial charge in [-0.1, -0.05) is 12.1 Å². The van der Waals surface area contributed by atoms with Crippen LogP contribution in [-0.2, 0) is 14.6 Å². The highest BCUT2D eigenvalue weighted by molar-refractivity contribution is 7.90. The van der Waals surface area contributed by atoms with Crippen LogP contribution in [0.15, 0.2) is 34.1 Å². The summed E-state index contributed by atoms with van der Waals surface area (Å²) in [5.41, 5.74) is 0. The van der Waals surface area contributed by atoms with Crippen LogP contribution >= 0.6 is 20.9 Å². The van der Waals surface area contributed by atoms with Crippen LogP contribution in [0.4, 0.5) is 0 Å². The molecule has 15 heavy (non-hydrogen) atoms. The molecule has 0 radical (unpaired) electrons. The summed E-state index contributed by atoms with van der Waals surface area (Å²) < 4.78 is 30.3. The van der Waals surface area contributed by atoms with E-state index in [-0.39, 0.29) is 4.90 Å². The Morgan fingerprint density at radius 2 is 1.67 bits per heavy atom. The smallest absolute Gasteiger partial charge is 0.225 e. The van der Waals surface area contributed by atoms with Crippen molar-refractivity contribution in [2.75, 3.05) is 0 Å². The van der Waals surface area contributed by atoms with E-state index in [4.69, 9.17) is 19.5 Å². The Balaban J connectivity index is 0.000000423. The molecule has 4 N–H and O–H groups in total. The molecule has 0 fully saturated rings. The lowest BCUT2D eigenvalue weighted by Crippen LogP contribution is -2.12. The molecular weight excluding hydrogens is 261 g/mol. The largest absolute Gasteiger partial charge is 0.692 e. The van der Waals surface area contributed by atoms with E-state index in [9.17, 15) is 8.42 Å². The topological polar surface area (TPSA) is 118 Å². The molecule has 0 amide bonds. The van der Waals surface area contributed by atoms with Gasteiger partial charge in [0.2, 0.25) is 10.0 Å². The second kappa shape index (κ2) is 6.16. The van der Waals surface area contributed by atoms with Crippen molar-refractivity contribution in [3.63, 3.8) is 0 Å². The van der Waals surface area contributed by atoms with Crippen LogP contribution in [0.25, 0.3) is 0 Å². The van der Waals surface area contributed by atoms with Gasteiger partial charge in [0.05, 0.1) is 4.90 Å². The molecule has 0 saturated heterocycles. The molecule has 1 rings (SSSR count). The monoisotopic (exact) mass is 270 g/mol. The molecule has 0 aliphatic rings. The summed E-state index contributed by atoms with van der Waals surface area (Å²) >= 11 is 3.93. The Bertz CT molecular complexity index is 443. The van der Waals surface area contributed by atoms with Gasteiger partial charge >= 0.3 is 8.25 Å². The van der Waals surface area contributed by atoms with Crippen LogP contribution in [0.2, 0.25) is 0 Å². The number of hydrogen-bond donors (Lipinski definition) is 4. The van der Waals surface area contributed by atoms with Gasteiger partial charge in [-0.15, -0.1) is 22.4 Å². The maximum atomic E-state index is 10.8. The highest BCUT2D eigenvalue weighted by Gasteiger charge is 2.09. The van der Waals surface area contributed by atoms with Crippen LogP contribution in [0.3, 0.4) is 0 Å². The lowest BCUT2D eigenvalue weighted by atomic mass is 10.4. The van der Waals surface area contributed by atoms with E-state index >= 15 is 0 Å². The van der Waals surface area contributed by atoms with Gasteiger partial charge in [-0.05, 0) is 12.1 Å². The summed E-state index contributed by atoms with van der Waals surface area (Å²) in [6.07, 6.45) is 0. The van der Waals surface area contributed by atoms with Crippen LogP contribution in [-0.4, -0.2) is 18.2 Å². The van der Waals surface area contributed by atoms with E-state index in [0.29, 0.717) is 4.90 Å². The third-order valence-electron chi connectivity index (χ3n) is 1.17. The number of nitrogens with two attached hydrogens (primary N) is 1. The first kappa shape index (κ1) is 14.5. The molecule has 84 valence electrons. The summed E-state index contributed by atoms with van der Waals surface area (Å²) in [6, 6.07) is 6.27. The minimum Gasteiger partial charge on any atom is -0.225 e. The van der Waals surface area contributed by atoms with Gasteiger partial charge < -0.3 is 0 Å². The zero-order chi connectivity index (χ0) is 12.1. The third kappa shape index (κ3) is 6.56. The fraction of sp³-hybridized carbons (Fsp3) is 0. The minimum atomic E-state index is -3.61. The van der Waals surface area contributed by atoms with Crippen molar-refractivity contribution < 1.29 is 22.8 Å². The average Bonchev–Trinajstić information content (AvgIpc) is 2.01. The fourth-order valence-electron chi connectivity index (χ4n) is 0.698. The second-order valence-corrected chi connectivity index (χ2v) is 4.78. The summed E-state index contributed by atoms with van der Waals surface area (Å²) in [5.74, 6) is 0. The van der Waals surface area contributed by atoms with Crippen LogP contribution in [0.1, 0.15) is 0 Å². The Morgan fingerprint density at radius 3 is 1.93 bits per heavy atom. The maximum absolute atomic E-state index is 10.8. The summed E-state index contributed by atoms with van der Waals surface area (Å²) in [7, 11) is -6.48. The normalized spacial score (nSPS) is 10.1. The third-order valence-corrected chi connectivity index (χ3v) is 2.68. The van der Waals surface area contributed by atoms with E-state index in [1.54, 1.807) is 18.2 Å². The van der Waals surface area contributed by atoms with Gasteiger partial charge in [-0.2, -0.15) is 0 Å². The predicted octanol–water partition coefficient (Wildman–Crippen LogP) is 0.251. The molecule has 9 heteroatoms. The molecule has 0 aliphatic heterocycles. The zero-order valence-corrected chi connectivity index (χ0v) is 9.91. The number of rotatable bonds is 1. The Labute approximate surface area is 93.2 Å². The SMILES string of the molecule is NS(=O)(=O)c1ccccc1S.O=[P+](O)O. The Kier molecular flexibility index (Phi) is 5.96. The fourth-order valence-corrected chi connectivity index (χ4v) is 1.87. The van der Waals surface area contributed by atoms with E-state index in [1.165, 1.54) is 6.07 Å². The van der Waals surface area contributed by atoms with Gasteiger partial charge in [-0.3, -0.25) is 0 Å². The molecular formula is C6H9NO5PS2+. The van der Waals surface area contributed by atoms with Crippen molar-refractivity contribution >= 4 is 30.9 Å². The molecule has 0 spiro atoms. The van der Waals surface area contributed by atoms with Gasteiger partial charge in [0.15, 0.2) is 0 Å². The molecule has 0 aliphatic carbocycles. The molecule has 0 heterocycles. The number of sulfonamides is 1. The predicted molar refractivity (Wildman–Crippen MR) is 57.1 cm³/mol. The van der Waals surface area contributed by atoms with Gasteiger partial charge in [0.25, 0.3) is 0 Å². The van der Waals surface area contributed by atoms with Gasteiger partial charge in [0.1, 0.15) is 0 Å². The van der Waals surface area contributed by atoms with Gasteiger partial charge in [-0.25, -0.2) is 13.6 Å². The molecule has 0 unspecified atom stereocenters. The summed E-state index contributed by atoms with van der Waals surface area (Å²) in [6.45, 7) is 0. The van der Waals surface area contributed by atoms with Crippen molar-refractivity contribution in [1.29, 1.82) is 0 Å². The lowest BCUT2D eigenvalue weighted by molar-refractivity contribution is 0.405. The van der Waals surface area contributed by atoms with Crippen LogP contribution < -0.4 is 5.14 Å². The van der Waals surface area contributed by atoms with E-state index in [0.717, 1.165) is 0 Å². The molecule has 1 aromatic rings. The van der Waals surface area contributed by atoms with Crippen molar-refractivity contribution in [3.8, 4) is 0 Å². The highest BCUT2D eigenvalue weighted by atomic mass is 32.2. The summed E-state index contributed by atoms with van der Waals surface area (Å²) in [4.78, 5) is 14.7. The van der Waals surface area contributed by atoms with Crippen LogP contribution in [0.5, 0.6) is 0 Å². The zero-order valence-electron chi connectivity index (χ0n) is 7.31. The average molecular weight is 270 g/mol.